The van der Waals surface area contributed by atoms with Gasteiger partial charge in [-0.15, -0.1) is 0 Å². The van der Waals surface area contributed by atoms with Crippen molar-refractivity contribution < 1.29 is 4.79 Å². The van der Waals surface area contributed by atoms with E-state index in [4.69, 9.17) is 0 Å². The van der Waals surface area contributed by atoms with Crippen molar-refractivity contribution in [2.45, 2.75) is 38.8 Å². The van der Waals surface area contributed by atoms with Crippen LogP contribution in [0.5, 0.6) is 0 Å². The van der Waals surface area contributed by atoms with Crippen LogP contribution in [0.25, 0.3) is 0 Å². The standard InChI is InChI=1S/C8H16N2O/c1-8(2,3)10-6-4-5-9-7(6)11/h6,10H,4-5H2,1-3H3,(H,9,11). The molecule has 1 amide bonds. The van der Waals surface area contributed by atoms with Gasteiger partial charge in [-0.2, -0.15) is 0 Å². The predicted molar refractivity (Wildman–Crippen MR) is 44.3 cm³/mol. The Morgan fingerprint density at radius 1 is 1.55 bits per heavy atom. The molecule has 0 aliphatic carbocycles. The number of hydrogen-bond donors (Lipinski definition) is 2. The van der Waals surface area contributed by atoms with Crippen molar-refractivity contribution in [2.75, 3.05) is 6.54 Å². The average Bonchev–Trinajstić information content (AvgIpc) is 2.12. The highest BCUT2D eigenvalue weighted by Gasteiger charge is 2.27. The summed E-state index contributed by atoms with van der Waals surface area (Å²) < 4.78 is 0. The van der Waals surface area contributed by atoms with Gasteiger partial charge in [-0.05, 0) is 27.2 Å². The summed E-state index contributed by atoms with van der Waals surface area (Å²) in [7, 11) is 0. The monoisotopic (exact) mass is 156 g/mol. The normalized spacial score (nSPS) is 25.4. The van der Waals surface area contributed by atoms with E-state index in [0.717, 1.165) is 13.0 Å². The minimum atomic E-state index is 0.0231. The van der Waals surface area contributed by atoms with Gasteiger partial charge in [0, 0.05) is 12.1 Å². The number of carbonyl (C=O) groups excluding carboxylic acids is 1. The summed E-state index contributed by atoms with van der Waals surface area (Å²) in [4.78, 5) is 11.1. The summed E-state index contributed by atoms with van der Waals surface area (Å²) >= 11 is 0. The van der Waals surface area contributed by atoms with Crippen LogP contribution in [0.2, 0.25) is 0 Å². The van der Waals surface area contributed by atoms with Gasteiger partial charge in [0.25, 0.3) is 0 Å². The molecule has 1 unspecified atom stereocenters. The van der Waals surface area contributed by atoms with E-state index >= 15 is 0 Å². The molecule has 0 radical (unpaired) electrons. The fourth-order valence-corrected chi connectivity index (χ4v) is 1.25. The van der Waals surface area contributed by atoms with E-state index in [1.165, 1.54) is 0 Å². The molecule has 64 valence electrons. The van der Waals surface area contributed by atoms with Crippen LogP contribution in [0.4, 0.5) is 0 Å². The van der Waals surface area contributed by atoms with Crippen molar-refractivity contribution in [2.24, 2.45) is 0 Å². The number of nitrogens with one attached hydrogen (secondary N) is 2. The van der Waals surface area contributed by atoms with Crippen molar-refractivity contribution in [3.05, 3.63) is 0 Å². The zero-order chi connectivity index (χ0) is 8.48. The topological polar surface area (TPSA) is 41.1 Å². The molecule has 0 aromatic heterocycles. The molecule has 11 heavy (non-hydrogen) atoms. The van der Waals surface area contributed by atoms with Crippen LogP contribution in [0.3, 0.4) is 0 Å². The Kier molecular flexibility index (Phi) is 2.18. The Labute approximate surface area is 67.5 Å². The van der Waals surface area contributed by atoms with Gasteiger partial charge >= 0.3 is 0 Å². The molecule has 1 aliphatic rings. The molecule has 3 heteroatoms. The summed E-state index contributed by atoms with van der Waals surface area (Å²) in [5, 5.41) is 6.05. The Morgan fingerprint density at radius 3 is 2.55 bits per heavy atom. The zero-order valence-corrected chi connectivity index (χ0v) is 7.40. The lowest BCUT2D eigenvalue weighted by Crippen LogP contribution is -2.47. The molecule has 0 aromatic carbocycles. The Hall–Kier alpha value is -0.570. The molecule has 0 aromatic rings. The second kappa shape index (κ2) is 2.81. The maximum atomic E-state index is 11.1. The summed E-state index contributed by atoms with van der Waals surface area (Å²) in [5.41, 5.74) is 0.0341. The maximum absolute atomic E-state index is 11.1. The number of hydrogen-bond acceptors (Lipinski definition) is 2. The third-order valence-corrected chi connectivity index (χ3v) is 1.66. The fraction of sp³-hybridized carbons (Fsp3) is 0.875. The van der Waals surface area contributed by atoms with Gasteiger partial charge in [-0.3, -0.25) is 4.79 Å². The first-order valence-corrected chi connectivity index (χ1v) is 4.04. The number of carbonyl (C=O) groups is 1. The van der Waals surface area contributed by atoms with Gasteiger partial charge < -0.3 is 10.6 Å². The summed E-state index contributed by atoms with van der Waals surface area (Å²) in [5.74, 6) is 0.139. The van der Waals surface area contributed by atoms with Crippen molar-refractivity contribution in [3.8, 4) is 0 Å². The molecule has 3 nitrogen and oxygen atoms in total. The first-order valence-electron chi connectivity index (χ1n) is 4.04. The van der Waals surface area contributed by atoms with Crippen molar-refractivity contribution in [1.29, 1.82) is 0 Å². The van der Waals surface area contributed by atoms with E-state index < -0.39 is 0 Å². The van der Waals surface area contributed by atoms with Crippen LogP contribution < -0.4 is 10.6 Å². The largest absolute Gasteiger partial charge is 0.355 e. The van der Waals surface area contributed by atoms with E-state index in [1.807, 2.05) is 0 Å². The minimum absolute atomic E-state index is 0.0231. The Bertz CT molecular complexity index is 160. The molecule has 1 saturated heterocycles. The van der Waals surface area contributed by atoms with Crippen molar-refractivity contribution in [1.82, 2.24) is 10.6 Å². The molecule has 0 bridgehead atoms. The molecular weight excluding hydrogens is 140 g/mol. The average molecular weight is 156 g/mol. The predicted octanol–water partition coefficient (Wildman–Crippen LogP) is 0.263. The van der Waals surface area contributed by atoms with E-state index in [1.54, 1.807) is 0 Å². The SMILES string of the molecule is CC(C)(C)NC1CCNC1=O. The van der Waals surface area contributed by atoms with Crippen LogP contribution in [0.1, 0.15) is 27.2 Å². The maximum Gasteiger partial charge on any atom is 0.237 e. The van der Waals surface area contributed by atoms with Crippen LogP contribution in [0, 0.1) is 0 Å². The van der Waals surface area contributed by atoms with Crippen LogP contribution in [0.15, 0.2) is 0 Å². The quantitative estimate of drug-likeness (QED) is 0.572. The molecule has 1 heterocycles. The Balaban J connectivity index is 2.43. The van der Waals surface area contributed by atoms with Gasteiger partial charge in [0.1, 0.15) is 0 Å². The Morgan fingerprint density at radius 2 is 2.18 bits per heavy atom. The fourth-order valence-electron chi connectivity index (χ4n) is 1.25. The lowest BCUT2D eigenvalue weighted by molar-refractivity contribution is -0.121. The van der Waals surface area contributed by atoms with E-state index in [0.29, 0.717) is 0 Å². The highest BCUT2D eigenvalue weighted by atomic mass is 16.2. The number of rotatable bonds is 1. The van der Waals surface area contributed by atoms with Gasteiger partial charge in [0.05, 0.1) is 6.04 Å². The first kappa shape index (κ1) is 8.53. The summed E-state index contributed by atoms with van der Waals surface area (Å²) in [6, 6.07) is 0.0231. The highest BCUT2D eigenvalue weighted by molar-refractivity contribution is 5.83. The zero-order valence-electron chi connectivity index (χ0n) is 7.40. The van der Waals surface area contributed by atoms with Gasteiger partial charge in [0.2, 0.25) is 5.91 Å². The second-order valence-electron chi connectivity index (χ2n) is 4.03. The highest BCUT2D eigenvalue weighted by Crippen LogP contribution is 2.06. The second-order valence-corrected chi connectivity index (χ2v) is 4.03. The van der Waals surface area contributed by atoms with Gasteiger partial charge in [0.15, 0.2) is 0 Å². The van der Waals surface area contributed by atoms with Crippen LogP contribution in [-0.4, -0.2) is 24.0 Å². The molecule has 1 fully saturated rings. The minimum Gasteiger partial charge on any atom is -0.355 e. The van der Waals surface area contributed by atoms with Crippen LogP contribution in [-0.2, 0) is 4.79 Å². The molecule has 1 atom stereocenters. The third kappa shape index (κ3) is 2.50. The van der Waals surface area contributed by atoms with Crippen molar-refractivity contribution in [3.63, 3.8) is 0 Å². The summed E-state index contributed by atoms with van der Waals surface area (Å²) in [6.07, 6.45) is 0.913. The van der Waals surface area contributed by atoms with E-state index in [-0.39, 0.29) is 17.5 Å². The van der Waals surface area contributed by atoms with Gasteiger partial charge in [-0.25, -0.2) is 0 Å². The van der Waals surface area contributed by atoms with Gasteiger partial charge in [-0.1, -0.05) is 0 Å². The van der Waals surface area contributed by atoms with Crippen LogP contribution >= 0.6 is 0 Å². The molecule has 1 aliphatic heterocycles. The molecule has 0 spiro atoms. The molecule has 2 N–H and O–H groups in total. The summed E-state index contributed by atoms with van der Waals surface area (Å²) in [6.45, 7) is 7.02. The van der Waals surface area contributed by atoms with E-state index in [2.05, 4.69) is 31.4 Å². The van der Waals surface area contributed by atoms with E-state index in [9.17, 15) is 4.79 Å². The molecular formula is C8H16N2O. The lowest BCUT2D eigenvalue weighted by atomic mass is 10.1. The number of amides is 1. The van der Waals surface area contributed by atoms with Crippen molar-refractivity contribution >= 4 is 5.91 Å². The molecule has 1 rings (SSSR count). The smallest absolute Gasteiger partial charge is 0.237 e. The first-order chi connectivity index (χ1) is 4.99. The third-order valence-electron chi connectivity index (χ3n) is 1.66. The molecule has 0 saturated carbocycles. The lowest BCUT2D eigenvalue weighted by Gasteiger charge is -2.23.